The van der Waals surface area contributed by atoms with Gasteiger partial charge in [-0.15, -0.1) is 0 Å². The van der Waals surface area contributed by atoms with Crippen molar-refractivity contribution in [1.29, 1.82) is 0 Å². The average Bonchev–Trinajstić information content (AvgIpc) is 2.58. The molecule has 8 nitrogen and oxygen atoms in total. The number of pyridine rings is 1. The van der Waals surface area contributed by atoms with Crippen molar-refractivity contribution in [3.8, 4) is 11.5 Å². The molecule has 0 saturated carbocycles. The van der Waals surface area contributed by atoms with E-state index in [1.165, 1.54) is 18.3 Å². The zero-order chi connectivity index (χ0) is 17.7. The van der Waals surface area contributed by atoms with E-state index in [9.17, 15) is 8.42 Å². The van der Waals surface area contributed by atoms with Gasteiger partial charge in [0.2, 0.25) is 10.0 Å². The molecule has 24 heavy (non-hydrogen) atoms. The summed E-state index contributed by atoms with van der Waals surface area (Å²) in [5.41, 5.74) is 4.28. The number of rotatable bonds is 6. The first-order valence-corrected chi connectivity index (χ1v) is 8.41. The molecule has 3 N–H and O–H groups in total. The van der Waals surface area contributed by atoms with Gasteiger partial charge >= 0.3 is 0 Å². The number of primary sulfonamides is 1. The Bertz CT molecular complexity index is 848. The van der Waals surface area contributed by atoms with Gasteiger partial charge in [0.05, 0.1) is 19.9 Å². The fraction of sp³-hybridized carbons (Fsp3) is 0.200. The Morgan fingerprint density at radius 1 is 1.17 bits per heavy atom. The van der Waals surface area contributed by atoms with Gasteiger partial charge in [0.1, 0.15) is 10.7 Å². The lowest BCUT2D eigenvalue weighted by Crippen LogP contribution is -2.12. The number of methoxy groups -OCH3 is 2. The summed E-state index contributed by atoms with van der Waals surface area (Å²) >= 11 is 0. The van der Waals surface area contributed by atoms with E-state index in [0.717, 1.165) is 5.56 Å². The number of anilines is 1. The van der Waals surface area contributed by atoms with Gasteiger partial charge in [0, 0.05) is 11.8 Å². The molecule has 0 radical (unpaired) electrons. The number of hydrazone groups is 1. The first-order chi connectivity index (χ1) is 11.3. The Balaban J connectivity index is 2.17. The molecule has 0 bridgehead atoms. The van der Waals surface area contributed by atoms with Crippen molar-refractivity contribution in [3.05, 3.63) is 42.1 Å². The second-order valence-electron chi connectivity index (χ2n) is 4.80. The van der Waals surface area contributed by atoms with E-state index >= 15 is 0 Å². The predicted molar refractivity (Wildman–Crippen MR) is 91.0 cm³/mol. The number of sulfonamides is 1. The molecule has 2 aromatic rings. The number of ether oxygens (including phenoxy) is 2. The Kier molecular flexibility index (Phi) is 5.37. The van der Waals surface area contributed by atoms with Crippen LogP contribution in [0.3, 0.4) is 0 Å². The summed E-state index contributed by atoms with van der Waals surface area (Å²) in [6.45, 7) is 1.81. The topological polar surface area (TPSA) is 116 Å². The zero-order valence-corrected chi connectivity index (χ0v) is 14.3. The minimum absolute atomic E-state index is 0.0614. The maximum Gasteiger partial charge on any atom is 0.239 e. The predicted octanol–water partition coefficient (Wildman–Crippen LogP) is 1.58. The third-order valence-corrected chi connectivity index (χ3v) is 4.10. The first-order valence-electron chi connectivity index (χ1n) is 6.86. The average molecular weight is 350 g/mol. The summed E-state index contributed by atoms with van der Waals surface area (Å²) in [7, 11) is -0.635. The van der Waals surface area contributed by atoms with Crippen LogP contribution in [0.2, 0.25) is 0 Å². The summed E-state index contributed by atoms with van der Waals surface area (Å²) in [6, 6.07) is 8.26. The first kappa shape index (κ1) is 17.7. The Hall–Kier alpha value is -2.65. The molecule has 128 valence electrons. The van der Waals surface area contributed by atoms with Crippen LogP contribution in [0, 0.1) is 0 Å². The molecular weight excluding hydrogens is 332 g/mol. The normalized spacial score (nSPS) is 11.9. The Morgan fingerprint density at radius 3 is 2.42 bits per heavy atom. The summed E-state index contributed by atoms with van der Waals surface area (Å²) in [6.07, 6.45) is 1.17. The molecule has 0 unspecified atom stereocenters. The fourth-order valence-electron chi connectivity index (χ4n) is 1.88. The highest BCUT2D eigenvalue weighted by Crippen LogP contribution is 2.27. The maximum absolute atomic E-state index is 11.2. The van der Waals surface area contributed by atoms with Crippen LogP contribution in [-0.4, -0.2) is 33.3 Å². The molecule has 0 fully saturated rings. The number of aromatic nitrogens is 1. The van der Waals surface area contributed by atoms with Gasteiger partial charge in [-0.05, 0) is 37.3 Å². The van der Waals surface area contributed by atoms with Crippen LogP contribution in [0.5, 0.6) is 11.5 Å². The second-order valence-corrected chi connectivity index (χ2v) is 6.36. The lowest BCUT2D eigenvalue weighted by Gasteiger charge is -2.09. The number of hydrogen-bond donors (Lipinski definition) is 2. The van der Waals surface area contributed by atoms with E-state index in [1.807, 2.05) is 13.0 Å². The van der Waals surface area contributed by atoms with Crippen LogP contribution in [-0.2, 0) is 10.0 Å². The van der Waals surface area contributed by atoms with Gasteiger partial charge in [-0.2, -0.15) is 5.10 Å². The quantitative estimate of drug-likeness (QED) is 0.603. The van der Waals surface area contributed by atoms with E-state index in [1.54, 1.807) is 26.4 Å². The summed E-state index contributed by atoms with van der Waals surface area (Å²) in [4.78, 5) is 3.89. The van der Waals surface area contributed by atoms with Gasteiger partial charge in [0.25, 0.3) is 0 Å². The van der Waals surface area contributed by atoms with Gasteiger partial charge < -0.3 is 9.47 Å². The summed E-state index contributed by atoms with van der Waals surface area (Å²) in [5.74, 6) is 1.62. The van der Waals surface area contributed by atoms with Crippen LogP contribution < -0.4 is 20.0 Å². The SMILES string of the molecule is COc1ccc(/C(C)=N/Nc2ccc(S(N)(=O)=O)cn2)cc1OC. The van der Waals surface area contributed by atoms with Gasteiger partial charge in [-0.3, -0.25) is 5.43 Å². The van der Waals surface area contributed by atoms with E-state index in [-0.39, 0.29) is 4.90 Å². The number of nitrogens with zero attached hydrogens (tertiary/aromatic N) is 2. The molecular formula is C15H18N4O4S. The van der Waals surface area contributed by atoms with Crippen molar-refractivity contribution in [3.63, 3.8) is 0 Å². The van der Waals surface area contributed by atoms with Crippen molar-refractivity contribution in [2.24, 2.45) is 10.2 Å². The Morgan fingerprint density at radius 2 is 1.88 bits per heavy atom. The van der Waals surface area contributed by atoms with E-state index < -0.39 is 10.0 Å². The number of benzene rings is 1. The van der Waals surface area contributed by atoms with E-state index in [2.05, 4.69) is 15.5 Å². The highest BCUT2D eigenvalue weighted by Gasteiger charge is 2.08. The molecule has 0 atom stereocenters. The monoisotopic (exact) mass is 350 g/mol. The fourth-order valence-corrected chi connectivity index (χ4v) is 2.34. The lowest BCUT2D eigenvalue weighted by molar-refractivity contribution is 0.355. The minimum Gasteiger partial charge on any atom is -0.493 e. The molecule has 1 heterocycles. The number of nitrogens with two attached hydrogens (primary N) is 1. The second kappa shape index (κ2) is 7.28. The van der Waals surface area contributed by atoms with Crippen molar-refractivity contribution in [2.75, 3.05) is 19.6 Å². The molecule has 0 amide bonds. The third-order valence-electron chi connectivity index (χ3n) is 3.20. The van der Waals surface area contributed by atoms with Crippen molar-refractivity contribution in [2.45, 2.75) is 11.8 Å². The molecule has 0 aliphatic rings. The highest BCUT2D eigenvalue weighted by molar-refractivity contribution is 7.89. The van der Waals surface area contributed by atoms with Gasteiger partial charge in [-0.1, -0.05) is 0 Å². The van der Waals surface area contributed by atoms with Gasteiger partial charge in [0.15, 0.2) is 11.5 Å². The largest absolute Gasteiger partial charge is 0.493 e. The van der Waals surface area contributed by atoms with Crippen LogP contribution in [0.15, 0.2) is 46.5 Å². The smallest absolute Gasteiger partial charge is 0.239 e. The van der Waals surface area contributed by atoms with Crippen LogP contribution >= 0.6 is 0 Å². The van der Waals surface area contributed by atoms with Crippen LogP contribution in [0.25, 0.3) is 0 Å². The molecule has 1 aromatic carbocycles. The standard InChI is InChI=1S/C15H18N4O4S/c1-10(11-4-6-13(22-2)14(8-11)23-3)18-19-15-7-5-12(9-17-15)24(16,20)21/h4-9H,1-3H3,(H,17,19)(H2,16,20,21)/b18-10+. The summed E-state index contributed by atoms with van der Waals surface area (Å²) in [5, 5.41) is 9.23. The van der Waals surface area contributed by atoms with E-state index in [0.29, 0.717) is 23.0 Å². The number of hydrogen-bond acceptors (Lipinski definition) is 7. The third kappa shape index (κ3) is 4.21. The molecule has 0 aliphatic carbocycles. The minimum atomic E-state index is -3.76. The molecule has 0 spiro atoms. The van der Waals surface area contributed by atoms with Crippen LogP contribution in [0.1, 0.15) is 12.5 Å². The van der Waals surface area contributed by atoms with Crippen molar-refractivity contribution in [1.82, 2.24) is 4.98 Å². The molecule has 0 saturated heterocycles. The summed E-state index contributed by atoms with van der Waals surface area (Å²) < 4.78 is 32.8. The van der Waals surface area contributed by atoms with Gasteiger partial charge in [-0.25, -0.2) is 18.5 Å². The number of nitrogens with one attached hydrogen (secondary N) is 1. The Labute approximate surface area is 140 Å². The molecule has 0 aliphatic heterocycles. The zero-order valence-electron chi connectivity index (χ0n) is 13.5. The molecule has 1 aromatic heterocycles. The van der Waals surface area contributed by atoms with Crippen LogP contribution in [0.4, 0.5) is 5.82 Å². The molecule has 2 rings (SSSR count). The van der Waals surface area contributed by atoms with Crippen molar-refractivity contribution >= 4 is 21.6 Å². The maximum atomic E-state index is 11.2. The van der Waals surface area contributed by atoms with Crippen molar-refractivity contribution < 1.29 is 17.9 Å². The van der Waals surface area contributed by atoms with E-state index in [4.69, 9.17) is 14.6 Å². The molecule has 9 heteroatoms. The lowest BCUT2D eigenvalue weighted by atomic mass is 10.1. The highest BCUT2D eigenvalue weighted by atomic mass is 32.2.